The molecule has 158 valence electrons. The molecule has 0 radical (unpaired) electrons. The quantitative estimate of drug-likeness (QED) is 0.598. The number of hydrogen-bond donors (Lipinski definition) is 0. The van der Waals surface area contributed by atoms with E-state index in [0.29, 0.717) is 18.8 Å². The minimum Gasteiger partial charge on any atom is -0.361 e. The highest BCUT2D eigenvalue weighted by Gasteiger charge is 2.37. The number of rotatable bonds is 5. The number of imide groups is 1. The van der Waals surface area contributed by atoms with Crippen LogP contribution in [0.3, 0.4) is 0 Å². The van der Waals surface area contributed by atoms with Gasteiger partial charge in [0.1, 0.15) is 12.3 Å². The van der Waals surface area contributed by atoms with E-state index >= 15 is 0 Å². The third-order valence-electron chi connectivity index (χ3n) is 4.91. The number of amides is 3. The third-order valence-corrected chi connectivity index (χ3v) is 4.91. The largest absolute Gasteiger partial charge is 0.361 e. The molecule has 1 saturated heterocycles. The van der Waals surface area contributed by atoms with Gasteiger partial charge in [0.15, 0.2) is 0 Å². The summed E-state index contributed by atoms with van der Waals surface area (Å²) in [6, 6.07) is 7.60. The van der Waals surface area contributed by atoms with Crippen LogP contribution in [0.25, 0.3) is 0 Å². The van der Waals surface area contributed by atoms with Gasteiger partial charge in [0.05, 0.1) is 24.1 Å². The van der Waals surface area contributed by atoms with E-state index in [1.165, 1.54) is 11.1 Å². The van der Waals surface area contributed by atoms with Crippen LogP contribution in [0.2, 0.25) is 0 Å². The maximum absolute atomic E-state index is 12.8. The fourth-order valence-corrected chi connectivity index (χ4v) is 3.29. The zero-order chi connectivity index (χ0) is 21.8. The van der Waals surface area contributed by atoms with Gasteiger partial charge in [0, 0.05) is 18.3 Å². The number of carbonyl (C=O) groups is 2. The summed E-state index contributed by atoms with van der Waals surface area (Å²) in [5.74, 6) is 0.473. The second kappa shape index (κ2) is 8.94. The first-order valence-corrected chi connectivity index (χ1v) is 10.0. The predicted molar refractivity (Wildman–Crippen MR) is 113 cm³/mol. The van der Waals surface area contributed by atoms with Crippen molar-refractivity contribution in [2.75, 3.05) is 11.4 Å². The topological polar surface area (TPSA) is 84.5 Å². The van der Waals surface area contributed by atoms with E-state index in [1.807, 2.05) is 58.9 Å². The molecular formula is C22H27N5O3. The minimum absolute atomic E-state index is 0.0573. The summed E-state index contributed by atoms with van der Waals surface area (Å²) in [7, 11) is 0. The Hall–Kier alpha value is -3.42. The molecule has 1 aliphatic rings. The van der Waals surface area contributed by atoms with Crippen molar-refractivity contribution >= 4 is 17.6 Å². The molecule has 3 amide bonds. The normalized spacial score (nSPS) is 13.6. The average molecular weight is 409 g/mol. The Labute approximate surface area is 176 Å². The van der Waals surface area contributed by atoms with Gasteiger partial charge in [0.25, 0.3) is 5.91 Å². The molecule has 0 saturated carbocycles. The molecular weight excluding hydrogens is 382 g/mol. The summed E-state index contributed by atoms with van der Waals surface area (Å²) in [4.78, 5) is 28.0. The van der Waals surface area contributed by atoms with Crippen LogP contribution in [0, 0.1) is 20.8 Å². The van der Waals surface area contributed by atoms with Crippen molar-refractivity contribution in [1.82, 2.24) is 19.8 Å². The molecule has 0 atom stereocenters. The number of aryl methyl sites for hydroxylation is 3. The lowest BCUT2D eigenvalue weighted by Gasteiger charge is -2.16. The van der Waals surface area contributed by atoms with E-state index in [4.69, 9.17) is 4.52 Å². The van der Waals surface area contributed by atoms with Crippen LogP contribution in [-0.4, -0.2) is 38.3 Å². The van der Waals surface area contributed by atoms with Gasteiger partial charge >= 0.3 is 6.03 Å². The minimum atomic E-state index is -0.331. The maximum Gasteiger partial charge on any atom is 0.332 e. The molecule has 30 heavy (non-hydrogen) atoms. The molecule has 0 aliphatic carbocycles. The van der Waals surface area contributed by atoms with Gasteiger partial charge in [-0.25, -0.2) is 9.69 Å². The monoisotopic (exact) mass is 409 g/mol. The standard InChI is InChI=1S/C20H21N5O3.C2H6/c1-13-4-6-16(7-5-13)9-23-12-19(26)25(20(23)27)17-8-21-24(10-17)11-18-14(2)22-28-15(18)3;1-2/h4-8,10H,9,11-12H2,1-3H3;1-2H3. The molecule has 8 heteroatoms. The SMILES string of the molecule is CC.Cc1ccc(CN2CC(=O)N(c3cnn(Cc4c(C)noc4C)c3)C2=O)cc1. The first-order chi connectivity index (χ1) is 14.4. The zero-order valence-electron chi connectivity index (χ0n) is 18.0. The van der Waals surface area contributed by atoms with Gasteiger partial charge in [-0.15, -0.1) is 0 Å². The van der Waals surface area contributed by atoms with Gasteiger partial charge in [-0.1, -0.05) is 48.8 Å². The number of urea groups is 1. The molecule has 0 bridgehead atoms. The second-order valence-corrected chi connectivity index (χ2v) is 7.05. The van der Waals surface area contributed by atoms with Crippen LogP contribution in [0.4, 0.5) is 10.5 Å². The number of benzene rings is 1. The van der Waals surface area contributed by atoms with Gasteiger partial charge in [-0.3, -0.25) is 9.48 Å². The van der Waals surface area contributed by atoms with Crippen molar-refractivity contribution < 1.29 is 14.1 Å². The summed E-state index contributed by atoms with van der Waals surface area (Å²) in [5.41, 5.74) is 4.35. The Kier molecular flexibility index (Phi) is 6.34. The number of hydrogen-bond acceptors (Lipinski definition) is 5. The average Bonchev–Trinajstić information content (AvgIpc) is 3.40. The lowest BCUT2D eigenvalue weighted by Crippen LogP contribution is -2.32. The lowest BCUT2D eigenvalue weighted by molar-refractivity contribution is -0.116. The van der Waals surface area contributed by atoms with E-state index in [2.05, 4.69) is 10.3 Å². The molecule has 4 rings (SSSR count). The van der Waals surface area contributed by atoms with Crippen LogP contribution in [0.1, 0.15) is 42.0 Å². The van der Waals surface area contributed by atoms with Crippen LogP contribution in [-0.2, 0) is 17.9 Å². The molecule has 0 unspecified atom stereocenters. The summed E-state index contributed by atoms with van der Waals surface area (Å²) in [5, 5.41) is 8.22. The molecule has 1 fully saturated rings. The van der Waals surface area contributed by atoms with Crippen LogP contribution < -0.4 is 4.90 Å². The molecule has 0 spiro atoms. The highest BCUT2D eigenvalue weighted by molar-refractivity contribution is 6.19. The number of nitrogens with zero attached hydrogens (tertiary/aromatic N) is 5. The van der Waals surface area contributed by atoms with Crippen LogP contribution in [0.15, 0.2) is 41.2 Å². The summed E-state index contributed by atoms with van der Waals surface area (Å²) >= 11 is 0. The van der Waals surface area contributed by atoms with E-state index < -0.39 is 0 Å². The summed E-state index contributed by atoms with van der Waals surface area (Å²) < 4.78 is 6.84. The first-order valence-electron chi connectivity index (χ1n) is 10.0. The van der Waals surface area contributed by atoms with Crippen molar-refractivity contribution in [1.29, 1.82) is 0 Å². The van der Waals surface area contributed by atoms with Gasteiger partial charge < -0.3 is 9.42 Å². The number of carbonyl (C=O) groups excluding carboxylic acids is 2. The highest BCUT2D eigenvalue weighted by Crippen LogP contribution is 2.23. The predicted octanol–water partition coefficient (Wildman–Crippen LogP) is 3.84. The van der Waals surface area contributed by atoms with E-state index in [9.17, 15) is 9.59 Å². The van der Waals surface area contributed by atoms with Gasteiger partial charge in [0.2, 0.25) is 0 Å². The maximum atomic E-state index is 12.8. The van der Waals surface area contributed by atoms with Crippen LogP contribution in [0.5, 0.6) is 0 Å². The Balaban J connectivity index is 0.00000124. The highest BCUT2D eigenvalue weighted by atomic mass is 16.5. The molecule has 3 heterocycles. The van der Waals surface area contributed by atoms with E-state index in [0.717, 1.165) is 28.1 Å². The Morgan fingerprint density at radius 3 is 2.37 bits per heavy atom. The molecule has 3 aromatic rings. The first kappa shape index (κ1) is 21.3. The number of anilines is 1. The fourth-order valence-electron chi connectivity index (χ4n) is 3.29. The molecule has 1 aromatic carbocycles. The molecule has 0 N–H and O–H groups in total. The number of aromatic nitrogens is 3. The summed E-state index contributed by atoms with van der Waals surface area (Å²) in [6.45, 7) is 10.6. The Morgan fingerprint density at radius 1 is 1.03 bits per heavy atom. The Morgan fingerprint density at radius 2 is 1.73 bits per heavy atom. The van der Waals surface area contributed by atoms with E-state index in [1.54, 1.807) is 15.8 Å². The molecule has 8 nitrogen and oxygen atoms in total. The molecule has 2 aromatic heterocycles. The van der Waals surface area contributed by atoms with Gasteiger partial charge in [-0.2, -0.15) is 5.10 Å². The lowest BCUT2D eigenvalue weighted by atomic mass is 10.1. The van der Waals surface area contributed by atoms with Crippen LogP contribution >= 0.6 is 0 Å². The Bertz CT molecular complexity index is 1020. The zero-order valence-corrected chi connectivity index (χ0v) is 18.0. The summed E-state index contributed by atoms with van der Waals surface area (Å²) in [6.07, 6.45) is 3.22. The van der Waals surface area contributed by atoms with Crippen molar-refractivity contribution in [3.05, 3.63) is 64.8 Å². The second-order valence-electron chi connectivity index (χ2n) is 7.05. The van der Waals surface area contributed by atoms with Crippen molar-refractivity contribution in [2.45, 2.75) is 47.7 Å². The smallest absolute Gasteiger partial charge is 0.332 e. The van der Waals surface area contributed by atoms with E-state index in [-0.39, 0.29) is 18.5 Å². The van der Waals surface area contributed by atoms with Crippen molar-refractivity contribution in [3.63, 3.8) is 0 Å². The van der Waals surface area contributed by atoms with Crippen molar-refractivity contribution in [3.8, 4) is 0 Å². The van der Waals surface area contributed by atoms with Gasteiger partial charge in [-0.05, 0) is 26.3 Å². The fraction of sp³-hybridized carbons (Fsp3) is 0.364. The third kappa shape index (κ3) is 4.27. The molecule has 1 aliphatic heterocycles. The van der Waals surface area contributed by atoms with Crippen molar-refractivity contribution in [2.24, 2.45) is 0 Å².